The predicted molar refractivity (Wildman–Crippen MR) is 66.9 cm³/mol. The molecule has 1 unspecified atom stereocenters. The zero-order valence-corrected chi connectivity index (χ0v) is 11.6. The monoisotopic (exact) mass is 295 g/mol. The maximum atomic E-state index is 12.0. The van der Waals surface area contributed by atoms with Gasteiger partial charge in [0, 0.05) is 13.1 Å². The number of carbonyl (C=O) groups excluding carboxylic acids is 2. The molecule has 5 nitrogen and oxygen atoms in total. The number of halogens is 3. The van der Waals surface area contributed by atoms with E-state index in [0.29, 0.717) is 19.5 Å². The van der Waals surface area contributed by atoms with E-state index >= 15 is 0 Å². The molecule has 0 aromatic heterocycles. The molecule has 0 aliphatic carbocycles. The molecule has 0 radical (unpaired) electrons. The summed E-state index contributed by atoms with van der Waals surface area (Å²) in [6, 6.07) is -0.458. The summed E-state index contributed by atoms with van der Waals surface area (Å²) in [5.41, 5.74) is 0. The SMILES string of the molecule is CC(C)CC1C(=O)NCCN1CC(=O)NCC(F)(F)F. The number of piperazine rings is 1. The van der Waals surface area contributed by atoms with Crippen LogP contribution in [0.3, 0.4) is 0 Å². The van der Waals surface area contributed by atoms with E-state index in [1.54, 1.807) is 4.90 Å². The molecule has 1 saturated heterocycles. The minimum atomic E-state index is -4.42. The van der Waals surface area contributed by atoms with Gasteiger partial charge in [-0.2, -0.15) is 13.2 Å². The first-order valence-electron chi connectivity index (χ1n) is 6.54. The Morgan fingerprint density at radius 1 is 1.50 bits per heavy atom. The van der Waals surface area contributed by atoms with Crippen LogP contribution in [0.2, 0.25) is 0 Å². The van der Waals surface area contributed by atoms with Crippen molar-refractivity contribution in [2.24, 2.45) is 5.92 Å². The fraction of sp³-hybridized carbons (Fsp3) is 0.833. The van der Waals surface area contributed by atoms with Gasteiger partial charge in [-0.25, -0.2) is 0 Å². The van der Waals surface area contributed by atoms with E-state index in [1.165, 1.54) is 0 Å². The Kier molecular flexibility index (Phi) is 5.79. The zero-order chi connectivity index (χ0) is 15.3. The van der Waals surface area contributed by atoms with Crippen LogP contribution in [0.15, 0.2) is 0 Å². The summed E-state index contributed by atoms with van der Waals surface area (Å²) >= 11 is 0. The number of carbonyl (C=O) groups is 2. The minimum Gasteiger partial charge on any atom is -0.353 e. The summed E-state index contributed by atoms with van der Waals surface area (Å²) in [5, 5.41) is 4.53. The van der Waals surface area contributed by atoms with Crippen molar-refractivity contribution < 1.29 is 22.8 Å². The van der Waals surface area contributed by atoms with Gasteiger partial charge in [-0.05, 0) is 12.3 Å². The van der Waals surface area contributed by atoms with Gasteiger partial charge in [-0.15, -0.1) is 0 Å². The molecular weight excluding hydrogens is 275 g/mol. The second-order valence-electron chi connectivity index (χ2n) is 5.30. The molecule has 0 spiro atoms. The van der Waals surface area contributed by atoms with Gasteiger partial charge < -0.3 is 10.6 Å². The van der Waals surface area contributed by atoms with Gasteiger partial charge in [-0.1, -0.05) is 13.8 Å². The highest BCUT2D eigenvalue weighted by Gasteiger charge is 2.32. The third kappa shape index (κ3) is 5.77. The van der Waals surface area contributed by atoms with Gasteiger partial charge in [0.05, 0.1) is 12.6 Å². The van der Waals surface area contributed by atoms with E-state index in [2.05, 4.69) is 5.32 Å². The molecule has 0 aromatic carbocycles. The Hall–Kier alpha value is -1.31. The van der Waals surface area contributed by atoms with Crippen molar-refractivity contribution in [2.75, 3.05) is 26.2 Å². The van der Waals surface area contributed by atoms with Crippen LogP contribution in [0, 0.1) is 5.92 Å². The fourth-order valence-electron chi connectivity index (χ4n) is 2.09. The van der Waals surface area contributed by atoms with Crippen LogP contribution >= 0.6 is 0 Å². The maximum Gasteiger partial charge on any atom is 0.405 e. The number of amides is 2. The smallest absolute Gasteiger partial charge is 0.353 e. The first-order chi connectivity index (χ1) is 9.19. The first kappa shape index (κ1) is 16.7. The zero-order valence-electron chi connectivity index (χ0n) is 11.6. The Balaban J connectivity index is 2.54. The van der Waals surface area contributed by atoms with Gasteiger partial charge in [0.15, 0.2) is 0 Å². The van der Waals surface area contributed by atoms with Crippen LogP contribution in [-0.2, 0) is 9.59 Å². The molecule has 1 aliphatic rings. The van der Waals surface area contributed by atoms with Crippen molar-refractivity contribution in [3.63, 3.8) is 0 Å². The number of nitrogens with one attached hydrogen (secondary N) is 2. The summed E-state index contributed by atoms with van der Waals surface area (Å²) < 4.78 is 36.0. The van der Waals surface area contributed by atoms with E-state index in [9.17, 15) is 22.8 Å². The summed E-state index contributed by atoms with van der Waals surface area (Å²) in [4.78, 5) is 24.9. The van der Waals surface area contributed by atoms with E-state index in [0.717, 1.165) is 0 Å². The molecule has 1 aliphatic heterocycles. The van der Waals surface area contributed by atoms with Crippen LogP contribution < -0.4 is 10.6 Å². The van der Waals surface area contributed by atoms with Gasteiger partial charge in [0.1, 0.15) is 6.54 Å². The van der Waals surface area contributed by atoms with E-state index in [-0.39, 0.29) is 18.4 Å². The molecule has 8 heteroatoms. The second kappa shape index (κ2) is 6.92. The highest BCUT2D eigenvalue weighted by Crippen LogP contribution is 2.15. The number of alkyl halides is 3. The van der Waals surface area contributed by atoms with Crippen molar-refractivity contribution in [3.8, 4) is 0 Å². The largest absolute Gasteiger partial charge is 0.405 e. The standard InChI is InChI=1S/C12H20F3N3O2/c1-8(2)5-9-11(20)16-3-4-18(9)6-10(19)17-7-12(13,14)15/h8-9H,3-7H2,1-2H3,(H,16,20)(H,17,19). The van der Waals surface area contributed by atoms with Crippen molar-refractivity contribution in [2.45, 2.75) is 32.5 Å². The van der Waals surface area contributed by atoms with Gasteiger partial charge in [-0.3, -0.25) is 14.5 Å². The summed E-state index contributed by atoms with van der Waals surface area (Å²) in [5.74, 6) is -0.635. The fourth-order valence-corrected chi connectivity index (χ4v) is 2.09. The molecular formula is C12H20F3N3O2. The van der Waals surface area contributed by atoms with Crippen molar-refractivity contribution in [1.29, 1.82) is 0 Å². The molecule has 0 saturated carbocycles. The molecule has 1 fully saturated rings. The highest BCUT2D eigenvalue weighted by molar-refractivity contribution is 5.84. The molecule has 1 atom stereocenters. The third-order valence-corrected chi connectivity index (χ3v) is 2.97. The van der Waals surface area contributed by atoms with Gasteiger partial charge >= 0.3 is 6.18 Å². The minimum absolute atomic E-state index is 0.173. The quantitative estimate of drug-likeness (QED) is 0.777. The van der Waals surface area contributed by atoms with Crippen LogP contribution in [0.5, 0.6) is 0 Å². The average Bonchev–Trinajstić information content (AvgIpc) is 2.30. The van der Waals surface area contributed by atoms with E-state index < -0.39 is 24.7 Å². The molecule has 0 aromatic rings. The second-order valence-corrected chi connectivity index (χ2v) is 5.30. The molecule has 20 heavy (non-hydrogen) atoms. The lowest BCUT2D eigenvalue weighted by Gasteiger charge is -2.35. The summed E-state index contributed by atoms with van der Waals surface area (Å²) in [7, 11) is 0. The lowest BCUT2D eigenvalue weighted by molar-refractivity contribution is -0.141. The maximum absolute atomic E-state index is 12.0. The van der Waals surface area contributed by atoms with Crippen LogP contribution in [-0.4, -0.2) is 55.1 Å². The third-order valence-electron chi connectivity index (χ3n) is 2.97. The highest BCUT2D eigenvalue weighted by atomic mass is 19.4. The van der Waals surface area contributed by atoms with Gasteiger partial charge in [0.2, 0.25) is 11.8 Å². The Bertz CT molecular complexity index is 358. The normalized spacial score (nSPS) is 20.9. The van der Waals surface area contributed by atoms with Crippen molar-refractivity contribution >= 4 is 11.8 Å². The van der Waals surface area contributed by atoms with Crippen LogP contribution in [0.4, 0.5) is 13.2 Å². The van der Waals surface area contributed by atoms with Crippen LogP contribution in [0.1, 0.15) is 20.3 Å². The molecule has 2 amide bonds. The Morgan fingerprint density at radius 3 is 2.70 bits per heavy atom. The average molecular weight is 295 g/mol. The number of rotatable bonds is 5. The van der Waals surface area contributed by atoms with Crippen molar-refractivity contribution in [1.82, 2.24) is 15.5 Å². The van der Waals surface area contributed by atoms with E-state index in [4.69, 9.17) is 0 Å². The molecule has 0 bridgehead atoms. The number of hydrogen-bond acceptors (Lipinski definition) is 3. The molecule has 1 heterocycles. The summed E-state index contributed by atoms with van der Waals surface area (Å²) in [6.45, 7) is 3.22. The number of hydrogen-bond donors (Lipinski definition) is 2. The molecule has 1 rings (SSSR count). The van der Waals surface area contributed by atoms with Crippen LogP contribution in [0.25, 0.3) is 0 Å². The first-order valence-corrected chi connectivity index (χ1v) is 6.54. The lowest BCUT2D eigenvalue weighted by atomic mass is 10.00. The summed E-state index contributed by atoms with van der Waals surface area (Å²) in [6.07, 6.45) is -3.86. The van der Waals surface area contributed by atoms with Crippen molar-refractivity contribution in [3.05, 3.63) is 0 Å². The topological polar surface area (TPSA) is 61.4 Å². The Labute approximate surface area is 115 Å². The van der Waals surface area contributed by atoms with E-state index in [1.807, 2.05) is 19.2 Å². The van der Waals surface area contributed by atoms with Gasteiger partial charge in [0.25, 0.3) is 0 Å². The molecule has 2 N–H and O–H groups in total. The predicted octanol–water partition coefficient (Wildman–Crippen LogP) is 0.511. The molecule has 116 valence electrons. The Morgan fingerprint density at radius 2 is 2.15 bits per heavy atom. The lowest BCUT2D eigenvalue weighted by Crippen LogP contribution is -2.57. The number of nitrogens with zero attached hydrogens (tertiary/aromatic N) is 1.